The number of carbonyl (C=O) groups excluding carboxylic acids is 1. The van der Waals surface area contributed by atoms with E-state index in [0.29, 0.717) is 17.9 Å². The smallest absolute Gasteiger partial charge is 0.368 e. The topological polar surface area (TPSA) is 71.1 Å². The lowest BCUT2D eigenvalue weighted by molar-refractivity contribution is -0.137. The van der Waals surface area contributed by atoms with Crippen LogP contribution in [-0.4, -0.2) is 25.8 Å². The van der Waals surface area contributed by atoms with Gasteiger partial charge in [0.2, 0.25) is 0 Å². The van der Waals surface area contributed by atoms with Crippen molar-refractivity contribution in [2.45, 2.75) is 27.4 Å². The lowest BCUT2D eigenvalue weighted by atomic mass is 10.2. The summed E-state index contributed by atoms with van der Waals surface area (Å²) in [7, 11) is -3.79. The number of ether oxygens (including phenoxy) is 2. The van der Waals surface area contributed by atoms with Gasteiger partial charge >= 0.3 is 13.6 Å². The summed E-state index contributed by atoms with van der Waals surface area (Å²) in [5.74, 6) is -0.0383. The zero-order chi connectivity index (χ0) is 21.1. The molecule has 0 amide bonds. The van der Waals surface area contributed by atoms with Gasteiger partial charge in [0.1, 0.15) is 17.7 Å². The van der Waals surface area contributed by atoms with Crippen LogP contribution in [0.1, 0.15) is 31.9 Å². The van der Waals surface area contributed by atoms with Crippen molar-refractivity contribution in [1.29, 1.82) is 0 Å². The zero-order valence-electron chi connectivity index (χ0n) is 17.0. The molecule has 0 fully saturated rings. The molecule has 0 aromatic heterocycles. The van der Waals surface area contributed by atoms with Crippen LogP contribution in [0.4, 0.5) is 0 Å². The molecule has 2 aromatic rings. The molecule has 0 aliphatic heterocycles. The number of hydrogen-bond donors (Lipinski definition) is 0. The van der Waals surface area contributed by atoms with E-state index >= 15 is 0 Å². The summed E-state index contributed by atoms with van der Waals surface area (Å²) in [6.45, 7) is 5.94. The second-order valence-corrected chi connectivity index (χ2v) is 7.92. The average molecular weight is 418 g/mol. The van der Waals surface area contributed by atoms with Gasteiger partial charge in [-0.15, -0.1) is 0 Å². The molecule has 0 N–H and O–H groups in total. The largest absolute Gasteiger partial charge is 0.489 e. The lowest BCUT2D eigenvalue weighted by Crippen LogP contribution is -2.11. The predicted molar refractivity (Wildman–Crippen MR) is 113 cm³/mol. The third-order valence-corrected chi connectivity index (χ3v) is 5.91. The highest BCUT2D eigenvalue weighted by atomic mass is 31.2. The minimum atomic E-state index is -3.79. The molecule has 2 rings (SSSR count). The molecule has 0 saturated heterocycles. The molecule has 156 valence electrons. The number of benzene rings is 2. The Balaban J connectivity index is 2.23. The first-order valence-corrected chi connectivity index (χ1v) is 11.1. The Kier molecular flexibility index (Phi) is 9.13. The Labute approximate surface area is 172 Å². The summed E-state index contributed by atoms with van der Waals surface area (Å²) in [6.07, 6.45) is 1.48. The highest BCUT2D eigenvalue weighted by Crippen LogP contribution is 2.57. The van der Waals surface area contributed by atoms with Crippen LogP contribution >= 0.6 is 7.60 Å². The summed E-state index contributed by atoms with van der Waals surface area (Å²) < 4.78 is 34.6. The van der Waals surface area contributed by atoms with Gasteiger partial charge < -0.3 is 18.5 Å². The van der Waals surface area contributed by atoms with Crippen molar-refractivity contribution in [1.82, 2.24) is 0 Å². The molecule has 2 aromatic carbocycles. The van der Waals surface area contributed by atoms with Crippen LogP contribution in [0.15, 0.2) is 59.9 Å². The fourth-order valence-electron chi connectivity index (χ4n) is 2.53. The van der Waals surface area contributed by atoms with E-state index in [0.717, 1.165) is 5.56 Å². The first kappa shape index (κ1) is 22.9. The second kappa shape index (κ2) is 11.6. The highest BCUT2D eigenvalue weighted by molar-refractivity contribution is 7.60. The van der Waals surface area contributed by atoms with Gasteiger partial charge in [-0.25, -0.2) is 4.79 Å². The van der Waals surface area contributed by atoms with Crippen LogP contribution in [0.5, 0.6) is 5.75 Å². The molecule has 7 heteroatoms. The van der Waals surface area contributed by atoms with Gasteiger partial charge in [-0.05, 0) is 50.1 Å². The second-order valence-electron chi connectivity index (χ2n) is 5.93. The maximum Gasteiger partial charge on any atom is 0.368 e. The third kappa shape index (κ3) is 6.86. The molecule has 0 unspecified atom stereocenters. The van der Waals surface area contributed by atoms with Crippen LogP contribution in [0.2, 0.25) is 0 Å². The minimum absolute atomic E-state index is 0.124. The molecule has 0 atom stereocenters. The van der Waals surface area contributed by atoms with E-state index in [4.69, 9.17) is 18.5 Å². The van der Waals surface area contributed by atoms with Crippen molar-refractivity contribution in [2.75, 3.05) is 19.8 Å². The van der Waals surface area contributed by atoms with E-state index in [-0.39, 0.29) is 25.1 Å². The molecule has 0 aliphatic rings. The van der Waals surface area contributed by atoms with E-state index in [2.05, 4.69) is 0 Å². The summed E-state index contributed by atoms with van der Waals surface area (Å²) in [5, 5.41) is -0.124. The van der Waals surface area contributed by atoms with Crippen LogP contribution in [0, 0.1) is 0 Å². The van der Waals surface area contributed by atoms with Crippen molar-refractivity contribution in [3.05, 3.63) is 71.0 Å². The Morgan fingerprint density at radius 1 is 0.897 bits per heavy atom. The third-order valence-electron chi connectivity index (χ3n) is 3.81. The Bertz CT molecular complexity index is 835. The van der Waals surface area contributed by atoms with Crippen molar-refractivity contribution in [3.8, 4) is 5.75 Å². The molecular formula is C22H27O6P. The fourth-order valence-corrected chi connectivity index (χ4v) is 4.16. The fraction of sp³-hybridized carbons (Fsp3) is 0.318. The summed E-state index contributed by atoms with van der Waals surface area (Å²) in [5.41, 5.74) is 1.72. The number of carbonyl (C=O) groups is 1. The van der Waals surface area contributed by atoms with Gasteiger partial charge in [0.05, 0.1) is 19.8 Å². The summed E-state index contributed by atoms with van der Waals surface area (Å²) in [4.78, 5) is 12.4. The molecular weight excluding hydrogens is 391 g/mol. The van der Waals surface area contributed by atoms with Crippen molar-refractivity contribution >= 4 is 19.6 Å². The molecule has 0 aliphatic carbocycles. The van der Waals surface area contributed by atoms with Crippen molar-refractivity contribution in [3.63, 3.8) is 0 Å². The van der Waals surface area contributed by atoms with E-state index in [1.54, 1.807) is 45.0 Å². The van der Waals surface area contributed by atoms with E-state index in [1.165, 1.54) is 6.08 Å². The maximum atomic E-state index is 13.1. The van der Waals surface area contributed by atoms with Crippen molar-refractivity contribution in [2.24, 2.45) is 0 Å². The standard InChI is InChI=1S/C22H27O6P/c1-4-25-22(23)21(29(24,27-5-2)28-6-3)16-18-12-14-20(15-13-18)26-17-19-10-8-7-9-11-19/h7-16H,4-6,17H2,1-3H3/b21-16+. The summed E-state index contributed by atoms with van der Waals surface area (Å²) in [6, 6.07) is 16.9. The highest BCUT2D eigenvalue weighted by Gasteiger charge is 2.36. The van der Waals surface area contributed by atoms with E-state index in [9.17, 15) is 9.36 Å². The predicted octanol–water partition coefficient (Wildman–Crippen LogP) is 5.44. The van der Waals surface area contributed by atoms with E-state index < -0.39 is 13.6 Å². The Morgan fingerprint density at radius 2 is 1.52 bits per heavy atom. The molecule has 0 saturated carbocycles. The molecule has 0 heterocycles. The van der Waals surface area contributed by atoms with Gasteiger partial charge in [-0.1, -0.05) is 42.5 Å². The van der Waals surface area contributed by atoms with Crippen LogP contribution in [0.3, 0.4) is 0 Å². The zero-order valence-corrected chi connectivity index (χ0v) is 17.9. The molecule has 0 radical (unpaired) electrons. The van der Waals surface area contributed by atoms with Gasteiger partial charge in [-0.3, -0.25) is 4.57 Å². The van der Waals surface area contributed by atoms with Gasteiger partial charge in [0.15, 0.2) is 0 Å². The van der Waals surface area contributed by atoms with Gasteiger partial charge in [-0.2, -0.15) is 0 Å². The number of esters is 1. The molecule has 0 spiro atoms. The normalized spacial score (nSPS) is 11.9. The minimum Gasteiger partial charge on any atom is -0.489 e. The van der Waals surface area contributed by atoms with Crippen LogP contribution in [-0.2, 0) is 29.8 Å². The SMILES string of the molecule is CCOC(=O)/C(=C\c1ccc(OCc2ccccc2)cc1)P(=O)(OCC)OCC. The van der Waals surface area contributed by atoms with Gasteiger partial charge in [0, 0.05) is 0 Å². The maximum absolute atomic E-state index is 13.1. The molecule has 0 bridgehead atoms. The monoisotopic (exact) mass is 418 g/mol. The molecule has 6 nitrogen and oxygen atoms in total. The number of rotatable bonds is 11. The quantitative estimate of drug-likeness (QED) is 0.275. The van der Waals surface area contributed by atoms with Crippen LogP contribution in [0.25, 0.3) is 6.08 Å². The summed E-state index contributed by atoms with van der Waals surface area (Å²) >= 11 is 0. The Hall–Kier alpha value is -2.40. The molecule has 29 heavy (non-hydrogen) atoms. The first-order chi connectivity index (χ1) is 14.0. The van der Waals surface area contributed by atoms with Crippen LogP contribution < -0.4 is 4.74 Å². The van der Waals surface area contributed by atoms with Crippen molar-refractivity contribution < 1.29 is 27.9 Å². The van der Waals surface area contributed by atoms with E-state index in [1.807, 2.05) is 30.3 Å². The van der Waals surface area contributed by atoms with Gasteiger partial charge in [0.25, 0.3) is 0 Å². The number of hydrogen-bond acceptors (Lipinski definition) is 6. The first-order valence-electron chi connectivity index (χ1n) is 9.57. The lowest BCUT2D eigenvalue weighted by Gasteiger charge is -2.19. The average Bonchev–Trinajstić information content (AvgIpc) is 2.72. The Morgan fingerprint density at radius 3 is 2.07 bits per heavy atom.